The number of hydrogen-bond acceptors (Lipinski definition) is 2. The highest BCUT2D eigenvalue weighted by molar-refractivity contribution is 14.1. The van der Waals surface area contributed by atoms with Crippen molar-refractivity contribution in [3.05, 3.63) is 27.3 Å². The van der Waals surface area contributed by atoms with Crippen LogP contribution in [0.25, 0.3) is 0 Å². The third-order valence-corrected chi connectivity index (χ3v) is 2.89. The normalized spacial score (nSPS) is 12.8. The van der Waals surface area contributed by atoms with Gasteiger partial charge in [-0.25, -0.2) is 0 Å². The second kappa shape index (κ2) is 4.14. The lowest BCUT2D eigenvalue weighted by molar-refractivity contribution is 0.744. The SMILES string of the molecule is BN[C@H](C)c1ccc(N)c(I)c1. The predicted octanol–water partition coefficient (Wildman–Crippen LogP) is 1.07. The number of nitrogen functional groups attached to an aromatic ring is 1. The van der Waals surface area contributed by atoms with Crippen molar-refractivity contribution in [2.24, 2.45) is 0 Å². The first kappa shape index (κ1) is 9.86. The molecule has 0 unspecified atom stereocenters. The topological polar surface area (TPSA) is 38.0 Å². The summed E-state index contributed by atoms with van der Waals surface area (Å²) in [6, 6.07) is 6.50. The summed E-state index contributed by atoms with van der Waals surface area (Å²) in [7, 11) is 1.95. The molecule has 0 radical (unpaired) electrons. The molecule has 0 aromatic heterocycles. The lowest BCUT2D eigenvalue weighted by atomic mass is 10.1. The fourth-order valence-electron chi connectivity index (χ4n) is 0.979. The smallest absolute Gasteiger partial charge is 0.182 e. The molecule has 1 aromatic rings. The van der Waals surface area contributed by atoms with Crippen LogP contribution in [0.5, 0.6) is 0 Å². The molecule has 64 valence electrons. The van der Waals surface area contributed by atoms with Crippen molar-refractivity contribution in [3.63, 3.8) is 0 Å². The molecule has 1 atom stereocenters. The Morgan fingerprint density at radius 2 is 2.25 bits per heavy atom. The van der Waals surface area contributed by atoms with Gasteiger partial charge in [-0.15, -0.1) is 0 Å². The Balaban J connectivity index is 2.96. The van der Waals surface area contributed by atoms with E-state index in [0.717, 1.165) is 9.26 Å². The molecule has 0 saturated heterocycles. The Bertz CT molecular complexity index is 278. The van der Waals surface area contributed by atoms with Gasteiger partial charge in [0.15, 0.2) is 7.98 Å². The minimum atomic E-state index is 0.388. The number of nitrogens with one attached hydrogen (secondary N) is 1. The molecule has 3 N–H and O–H groups in total. The molecular weight excluding hydrogens is 262 g/mol. The number of rotatable bonds is 2. The highest BCUT2D eigenvalue weighted by Crippen LogP contribution is 2.20. The minimum Gasteiger partial charge on any atom is -0.398 e. The largest absolute Gasteiger partial charge is 0.398 e. The van der Waals surface area contributed by atoms with E-state index in [9.17, 15) is 0 Å². The van der Waals surface area contributed by atoms with E-state index in [-0.39, 0.29) is 0 Å². The molecule has 12 heavy (non-hydrogen) atoms. The third kappa shape index (κ3) is 2.14. The van der Waals surface area contributed by atoms with Gasteiger partial charge in [-0.05, 0) is 47.2 Å². The van der Waals surface area contributed by atoms with Gasteiger partial charge in [-0.3, -0.25) is 0 Å². The summed E-state index contributed by atoms with van der Waals surface area (Å²) < 4.78 is 1.12. The summed E-state index contributed by atoms with van der Waals surface area (Å²) in [4.78, 5) is 0. The van der Waals surface area contributed by atoms with E-state index < -0.39 is 0 Å². The van der Waals surface area contributed by atoms with Gasteiger partial charge < -0.3 is 11.0 Å². The first-order valence-electron chi connectivity index (χ1n) is 3.87. The number of halogens is 1. The zero-order valence-corrected chi connectivity index (χ0v) is 9.42. The standard InChI is InChI=1S/C8H12BIN2/c1-5(12-9)6-2-3-8(11)7(10)4-6/h2-5,12H,9,11H2,1H3/t5-/m1/s1. The second-order valence-electron chi connectivity index (χ2n) is 2.79. The number of benzene rings is 1. The first-order valence-corrected chi connectivity index (χ1v) is 4.95. The van der Waals surface area contributed by atoms with Gasteiger partial charge in [0.2, 0.25) is 0 Å². The number of anilines is 1. The van der Waals surface area contributed by atoms with E-state index in [1.54, 1.807) is 0 Å². The predicted molar refractivity (Wildman–Crippen MR) is 63.7 cm³/mol. The van der Waals surface area contributed by atoms with Crippen molar-refractivity contribution in [3.8, 4) is 0 Å². The summed E-state index contributed by atoms with van der Waals surface area (Å²) in [5.74, 6) is 0. The highest BCUT2D eigenvalue weighted by Gasteiger charge is 2.03. The molecule has 0 aliphatic rings. The van der Waals surface area contributed by atoms with E-state index in [1.165, 1.54) is 5.56 Å². The summed E-state index contributed by atoms with van der Waals surface area (Å²) in [6.07, 6.45) is 0. The van der Waals surface area contributed by atoms with Crippen molar-refractivity contribution >= 4 is 36.3 Å². The average molecular weight is 274 g/mol. The Morgan fingerprint density at radius 3 is 2.75 bits per heavy atom. The van der Waals surface area contributed by atoms with Gasteiger partial charge in [0.25, 0.3) is 0 Å². The van der Waals surface area contributed by atoms with Crippen LogP contribution in [0.4, 0.5) is 5.69 Å². The fourth-order valence-corrected chi connectivity index (χ4v) is 1.52. The molecule has 0 heterocycles. The van der Waals surface area contributed by atoms with Crippen molar-refractivity contribution in [2.45, 2.75) is 13.0 Å². The summed E-state index contributed by atoms with van der Waals surface area (Å²) in [6.45, 7) is 2.13. The zero-order chi connectivity index (χ0) is 9.14. The van der Waals surface area contributed by atoms with Crippen LogP contribution in [0.1, 0.15) is 18.5 Å². The van der Waals surface area contributed by atoms with Crippen LogP contribution in [0, 0.1) is 3.57 Å². The van der Waals surface area contributed by atoms with Gasteiger partial charge in [0.1, 0.15) is 0 Å². The van der Waals surface area contributed by atoms with Crippen LogP contribution in [0.15, 0.2) is 18.2 Å². The molecule has 0 fully saturated rings. The Morgan fingerprint density at radius 1 is 1.58 bits per heavy atom. The van der Waals surface area contributed by atoms with Gasteiger partial charge in [-0.1, -0.05) is 6.07 Å². The van der Waals surface area contributed by atoms with Crippen molar-refractivity contribution in [2.75, 3.05) is 5.73 Å². The molecule has 1 aromatic carbocycles. The van der Waals surface area contributed by atoms with Crippen LogP contribution in [0.2, 0.25) is 0 Å². The third-order valence-electron chi connectivity index (χ3n) is 1.96. The molecular formula is C8H12BIN2. The minimum absolute atomic E-state index is 0.388. The monoisotopic (exact) mass is 274 g/mol. The zero-order valence-electron chi connectivity index (χ0n) is 7.26. The summed E-state index contributed by atoms with van der Waals surface area (Å²) in [5.41, 5.74) is 7.83. The molecule has 0 aliphatic carbocycles. The van der Waals surface area contributed by atoms with E-state index in [0.29, 0.717) is 6.04 Å². The highest BCUT2D eigenvalue weighted by atomic mass is 127. The Hall–Kier alpha value is -0.225. The van der Waals surface area contributed by atoms with Crippen LogP contribution < -0.4 is 11.0 Å². The Kier molecular flexibility index (Phi) is 3.40. The van der Waals surface area contributed by atoms with Gasteiger partial charge >= 0.3 is 0 Å². The van der Waals surface area contributed by atoms with Crippen LogP contribution in [-0.2, 0) is 0 Å². The van der Waals surface area contributed by atoms with Gasteiger partial charge in [0.05, 0.1) is 0 Å². The molecule has 0 spiro atoms. The molecule has 1 rings (SSSR count). The number of nitrogens with two attached hydrogens (primary N) is 1. The van der Waals surface area contributed by atoms with Crippen LogP contribution >= 0.6 is 22.6 Å². The summed E-state index contributed by atoms with van der Waals surface area (Å²) in [5, 5.41) is 3.18. The van der Waals surface area contributed by atoms with Crippen molar-refractivity contribution in [1.29, 1.82) is 0 Å². The molecule has 4 heteroatoms. The van der Waals surface area contributed by atoms with Gasteiger partial charge in [-0.2, -0.15) is 0 Å². The lowest BCUT2D eigenvalue weighted by Crippen LogP contribution is -2.14. The number of hydrogen-bond donors (Lipinski definition) is 2. The van der Waals surface area contributed by atoms with E-state index in [4.69, 9.17) is 5.73 Å². The maximum Gasteiger partial charge on any atom is 0.182 e. The first-order chi connectivity index (χ1) is 5.65. The van der Waals surface area contributed by atoms with E-state index in [1.807, 2.05) is 14.0 Å². The lowest BCUT2D eigenvalue weighted by Gasteiger charge is -2.11. The fraction of sp³-hybridized carbons (Fsp3) is 0.250. The Labute approximate surface area is 87.5 Å². The van der Waals surface area contributed by atoms with E-state index >= 15 is 0 Å². The van der Waals surface area contributed by atoms with Crippen LogP contribution in [-0.4, -0.2) is 7.98 Å². The van der Waals surface area contributed by atoms with E-state index in [2.05, 4.69) is 46.9 Å². The molecule has 0 amide bonds. The second-order valence-corrected chi connectivity index (χ2v) is 3.95. The van der Waals surface area contributed by atoms with Crippen molar-refractivity contribution < 1.29 is 0 Å². The molecule has 0 saturated carbocycles. The molecule has 0 bridgehead atoms. The summed E-state index contributed by atoms with van der Waals surface area (Å²) >= 11 is 2.25. The molecule has 0 aliphatic heterocycles. The van der Waals surface area contributed by atoms with Crippen LogP contribution in [0.3, 0.4) is 0 Å². The van der Waals surface area contributed by atoms with Crippen molar-refractivity contribution in [1.82, 2.24) is 5.23 Å². The quantitative estimate of drug-likeness (QED) is 0.481. The van der Waals surface area contributed by atoms with Gasteiger partial charge in [0, 0.05) is 15.3 Å². The molecule has 2 nitrogen and oxygen atoms in total. The average Bonchev–Trinajstić information content (AvgIpc) is 2.08. The maximum atomic E-state index is 5.70. The maximum absolute atomic E-state index is 5.70.